The summed E-state index contributed by atoms with van der Waals surface area (Å²) >= 11 is 0. The number of hydrogen-bond donors (Lipinski definition) is 3. The van der Waals surface area contributed by atoms with E-state index in [-0.39, 0.29) is 11.7 Å². The summed E-state index contributed by atoms with van der Waals surface area (Å²) in [5.74, 6) is -1.12. The summed E-state index contributed by atoms with van der Waals surface area (Å²) in [6.45, 7) is 3.57. The Balaban J connectivity index is 2.89. The highest BCUT2D eigenvalue weighted by Crippen LogP contribution is 2.22. The average Bonchev–Trinajstić information content (AvgIpc) is 2.38. The number of carbonyl (C=O) groups is 1. The Morgan fingerprint density at radius 1 is 1.47 bits per heavy atom. The predicted molar refractivity (Wildman–Crippen MR) is 76.7 cm³/mol. The Bertz CT molecular complexity index is 497. The van der Waals surface area contributed by atoms with Crippen LogP contribution in [0.15, 0.2) is 23.4 Å². The minimum absolute atomic E-state index is 0.113. The first kappa shape index (κ1) is 14.8. The Kier molecular flexibility index (Phi) is 4.74. The lowest BCUT2D eigenvalue weighted by Crippen LogP contribution is -2.32. The normalized spacial score (nSPS) is 12.9. The summed E-state index contributed by atoms with van der Waals surface area (Å²) in [5.41, 5.74) is 8.22. The van der Waals surface area contributed by atoms with Crippen LogP contribution in [-0.4, -0.2) is 31.0 Å². The van der Waals surface area contributed by atoms with E-state index >= 15 is 0 Å². The number of nitrogens with two attached hydrogens (primary N) is 1. The average molecular weight is 264 g/mol. The molecule has 6 heteroatoms. The zero-order valence-electron chi connectivity index (χ0n) is 11.6. The van der Waals surface area contributed by atoms with E-state index in [1.807, 2.05) is 44.1 Å². The van der Waals surface area contributed by atoms with Crippen molar-refractivity contribution in [3.05, 3.63) is 23.8 Å². The molecule has 0 fully saturated rings. The molecule has 0 spiro atoms. The van der Waals surface area contributed by atoms with E-state index in [4.69, 9.17) is 10.9 Å². The molecule has 0 saturated carbocycles. The molecule has 1 aromatic carbocycles. The second kappa shape index (κ2) is 6.08. The lowest BCUT2D eigenvalue weighted by Gasteiger charge is -2.18. The van der Waals surface area contributed by atoms with Gasteiger partial charge in [-0.15, -0.1) is 0 Å². The zero-order chi connectivity index (χ0) is 14.6. The summed E-state index contributed by atoms with van der Waals surface area (Å²) in [7, 11) is 3.87. The fourth-order valence-electron chi connectivity index (χ4n) is 1.64. The Hall–Kier alpha value is -2.24. The minimum atomic E-state index is -0.686. The van der Waals surface area contributed by atoms with Crippen molar-refractivity contribution in [2.24, 2.45) is 16.8 Å². The summed E-state index contributed by atoms with van der Waals surface area (Å²) in [6, 6.07) is 5.63. The molecular weight excluding hydrogens is 244 g/mol. The number of rotatable bonds is 4. The first-order chi connectivity index (χ1) is 8.86. The smallest absolute Gasteiger partial charge is 0.234 e. The van der Waals surface area contributed by atoms with Gasteiger partial charge in [0, 0.05) is 25.5 Å². The maximum Gasteiger partial charge on any atom is 0.234 e. The quantitative estimate of drug-likeness (QED) is 0.331. The first-order valence-corrected chi connectivity index (χ1v) is 5.93. The predicted octanol–water partition coefficient (Wildman–Crippen LogP) is 1.38. The molecule has 19 heavy (non-hydrogen) atoms. The van der Waals surface area contributed by atoms with Crippen LogP contribution >= 0.6 is 0 Å². The van der Waals surface area contributed by atoms with E-state index in [0.29, 0.717) is 5.69 Å². The number of amides is 1. The second-order valence-electron chi connectivity index (χ2n) is 4.63. The fraction of sp³-hybridized carbons (Fsp3) is 0.385. The van der Waals surface area contributed by atoms with Crippen LogP contribution in [0, 0.1) is 12.8 Å². The van der Waals surface area contributed by atoms with Gasteiger partial charge in [-0.1, -0.05) is 11.2 Å². The van der Waals surface area contributed by atoms with Crippen molar-refractivity contribution in [2.75, 3.05) is 24.3 Å². The third kappa shape index (κ3) is 3.61. The van der Waals surface area contributed by atoms with Crippen molar-refractivity contribution >= 4 is 23.1 Å². The SMILES string of the molecule is Cc1ccc(NC(=O)C(C)/C(N)=N/O)cc1N(C)C. The summed E-state index contributed by atoms with van der Waals surface area (Å²) in [5, 5.41) is 14.1. The van der Waals surface area contributed by atoms with E-state index in [2.05, 4.69) is 10.5 Å². The van der Waals surface area contributed by atoms with Crippen molar-refractivity contribution < 1.29 is 10.0 Å². The Morgan fingerprint density at radius 2 is 2.11 bits per heavy atom. The van der Waals surface area contributed by atoms with E-state index in [1.165, 1.54) is 0 Å². The number of benzene rings is 1. The highest BCUT2D eigenvalue weighted by molar-refractivity contribution is 6.07. The van der Waals surface area contributed by atoms with Crippen LogP contribution in [0.25, 0.3) is 0 Å². The van der Waals surface area contributed by atoms with Gasteiger partial charge >= 0.3 is 0 Å². The molecule has 1 unspecified atom stereocenters. The molecule has 104 valence electrons. The van der Waals surface area contributed by atoms with E-state index < -0.39 is 5.92 Å². The van der Waals surface area contributed by atoms with Gasteiger partial charge in [-0.3, -0.25) is 4.79 Å². The minimum Gasteiger partial charge on any atom is -0.409 e. The standard InChI is InChI=1S/C13H20N4O2/c1-8-5-6-10(7-11(8)17(3)4)15-13(18)9(2)12(14)16-19/h5-7,9,19H,1-4H3,(H2,14,16)(H,15,18). The van der Waals surface area contributed by atoms with Crippen molar-refractivity contribution in [1.82, 2.24) is 0 Å². The second-order valence-corrected chi connectivity index (χ2v) is 4.63. The monoisotopic (exact) mass is 264 g/mol. The van der Waals surface area contributed by atoms with Crippen LogP contribution in [0.3, 0.4) is 0 Å². The number of oxime groups is 1. The number of anilines is 2. The molecule has 4 N–H and O–H groups in total. The van der Waals surface area contributed by atoms with Crippen molar-refractivity contribution in [1.29, 1.82) is 0 Å². The molecule has 0 heterocycles. The molecule has 6 nitrogen and oxygen atoms in total. The Morgan fingerprint density at radius 3 is 2.63 bits per heavy atom. The molecule has 0 aliphatic heterocycles. The van der Waals surface area contributed by atoms with Gasteiger partial charge in [0.1, 0.15) is 0 Å². The molecule has 1 amide bonds. The van der Waals surface area contributed by atoms with Gasteiger partial charge in [0.05, 0.1) is 5.92 Å². The van der Waals surface area contributed by atoms with Crippen molar-refractivity contribution in [3.63, 3.8) is 0 Å². The molecule has 0 radical (unpaired) electrons. The number of aryl methyl sites for hydroxylation is 1. The number of amidine groups is 1. The highest BCUT2D eigenvalue weighted by Gasteiger charge is 2.17. The molecule has 0 saturated heterocycles. The van der Waals surface area contributed by atoms with E-state index in [0.717, 1.165) is 11.3 Å². The van der Waals surface area contributed by atoms with Gasteiger partial charge in [0.15, 0.2) is 5.84 Å². The first-order valence-electron chi connectivity index (χ1n) is 5.93. The third-order valence-electron chi connectivity index (χ3n) is 2.91. The molecule has 1 aromatic rings. The summed E-state index contributed by atoms with van der Waals surface area (Å²) in [4.78, 5) is 13.9. The van der Waals surface area contributed by atoms with Crippen molar-refractivity contribution in [2.45, 2.75) is 13.8 Å². The van der Waals surface area contributed by atoms with Gasteiger partial charge < -0.3 is 21.2 Å². The number of carbonyl (C=O) groups excluding carboxylic acids is 1. The van der Waals surface area contributed by atoms with Gasteiger partial charge in [-0.05, 0) is 31.5 Å². The zero-order valence-corrected chi connectivity index (χ0v) is 11.6. The van der Waals surface area contributed by atoms with E-state index in [9.17, 15) is 4.79 Å². The van der Waals surface area contributed by atoms with Crippen LogP contribution < -0.4 is 16.0 Å². The Labute approximate surface area is 112 Å². The van der Waals surface area contributed by atoms with Gasteiger partial charge in [-0.25, -0.2) is 0 Å². The van der Waals surface area contributed by atoms with Gasteiger partial charge in [0.2, 0.25) is 5.91 Å². The maximum absolute atomic E-state index is 11.9. The molecule has 0 aliphatic rings. The van der Waals surface area contributed by atoms with Crippen LogP contribution in [0.2, 0.25) is 0 Å². The van der Waals surface area contributed by atoms with Crippen LogP contribution in [-0.2, 0) is 4.79 Å². The number of hydrogen-bond acceptors (Lipinski definition) is 4. The van der Waals surface area contributed by atoms with Gasteiger partial charge in [0.25, 0.3) is 0 Å². The number of nitrogens with zero attached hydrogens (tertiary/aromatic N) is 2. The van der Waals surface area contributed by atoms with Gasteiger partial charge in [-0.2, -0.15) is 0 Å². The van der Waals surface area contributed by atoms with Crippen LogP contribution in [0.5, 0.6) is 0 Å². The lowest BCUT2D eigenvalue weighted by atomic mass is 10.1. The fourth-order valence-corrected chi connectivity index (χ4v) is 1.64. The van der Waals surface area contributed by atoms with E-state index in [1.54, 1.807) is 6.92 Å². The molecule has 0 aliphatic carbocycles. The maximum atomic E-state index is 11.9. The summed E-state index contributed by atoms with van der Waals surface area (Å²) in [6.07, 6.45) is 0. The largest absolute Gasteiger partial charge is 0.409 e. The van der Waals surface area contributed by atoms with Crippen molar-refractivity contribution in [3.8, 4) is 0 Å². The third-order valence-corrected chi connectivity index (χ3v) is 2.91. The van der Waals surface area contributed by atoms with Crippen LogP contribution in [0.4, 0.5) is 11.4 Å². The molecular formula is C13H20N4O2. The number of nitrogens with one attached hydrogen (secondary N) is 1. The molecule has 1 atom stereocenters. The topological polar surface area (TPSA) is 91.0 Å². The highest BCUT2D eigenvalue weighted by atomic mass is 16.4. The molecule has 1 rings (SSSR count). The van der Waals surface area contributed by atoms with Crippen LogP contribution in [0.1, 0.15) is 12.5 Å². The molecule has 0 aromatic heterocycles. The molecule has 0 bridgehead atoms. The lowest BCUT2D eigenvalue weighted by molar-refractivity contribution is -0.117. The summed E-state index contributed by atoms with van der Waals surface area (Å²) < 4.78 is 0.